The number of phenols is 1. The van der Waals surface area contributed by atoms with Crippen LogP contribution in [0.1, 0.15) is 61.1 Å². The highest BCUT2D eigenvalue weighted by Crippen LogP contribution is 2.28. The van der Waals surface area contributed by atoms with Crippen LogP contribution >= 0.6 is 0 Å². The van der Waals surface area contributed by atoms with Crippen LogP contribution in [0.25, 0.3) is 0 Å². The van der Waals surface area contributed by atoms with Gasteiger partial charge in [-0.1, -0.05) is 18.2 Å². The summed E-state index contributed by atoms with van der Waals surface area (Å²) >= 11 is 0. The maximum absolute atomic E-state index is 10.6. The molecular weight excluding hydrogens is 380 g/mol. The molecule has 166 valence electrons. The Balaban J connectivity index is 2.33. The number of phenolic OH excluding ortho intramolecular Hbond substituents is 1. The van der Waals surface area contributed by atoms with Crippen LogP contribution in [-0.4, -0.2) is 31.5 Å². The third-order valence-electron chi connectivity index (χ3n) is 4.72. The molecule has 5 nitrogen and oxygen atoms in total. The zero-order chi connectivity index (χ0) is 21.8. The first-order valence-corrected chi connectivity index (χ1v) is 10.9. The lowest BCUT2D eigenvalue weighted by Gasteiger charge is -2.15. The molecule has 0 saturated heterocycles. The van der Waals surface area contributed by atoms with E-state index in [0.717, 1.165) is 34.2 Å². The molecule has 2 aromatic carbocycles. The largest absolute Gasteiger partial charge is 0.507 e. The molecule has 2 rings (SSSR count). The number of aromatic hydroxyl groups is 1. The summed E-state index contributed by atoms with van der Waals surface area (Å²) in [6.07, 6.45) is 0.748. The molecule has 0 radical (unpaired) electrons. The second-order valence-electron chi connectivity index (χ2n) is 7.15. The Labute approximate surface area is 180 Å². The van der Waals surface area contributed by atoms with Crippen LogP contribution < -0.4 is 0 Å². The van der Waals surface area contributed by atoms with Gasteiger partial charge in [0.15, 0.2) is 0 Å². The highest BCUT2D eigenvalue weighted by Gasteiger charge is 2.12. The molecule has 0 fully saturated rings. The molecule has 0 amide bonds. The van der Waals surface area contributed by atoms with E-state index < -0.39 is 0 Å². The van der Waals surface area contributed by atoms with Crippen molar-refractivity contribution in [3.63, 3.8) is 0 Å². The number of rotatable bonds is 14. The van der Waals surface area contributed by atoms with E-state index in [1.165, 1.54) is 5.56 Å². The minimum absolute atomic E-state index is 0.266. The lowest BCUT2D eigenvalue weighted by molar-refractivity contribution is 0.126. The minimum Gasteiger partial charge on any atom is -0.507 e. The highest BCUT2D eigenvalue weighted by atomic mass is 16.5. The first-order valence-electron chi connectivity index (χ1n) is 10.9. The lowest BCUT2D eigenvalue weighted by atomic mass is 9.96. The second kappa shape index (κ2) is 13.4. The molecule has 0 heterocycles. The van der Waals surface area contributed by atoms with Gasteiger partial charge < -0.3 is 24.1 Å². The summed E-state index contributed by atoms with van der Waals surface area (Å²) in [6, 6.07) is 10.6. The van der Waals surface area contributed by atoms with Gasteiger partial charge in [-0.2, -0.15) is 0 Å². The van der Waals surface area contributed by atoms with Gasteiger partial charge in [-0.3, -0.25) is 0 Å². The lowest BCUT2D eigenvalue weighted by Crippen LogP contribution is -2.02. The third-order valence-corrected chi connectivity index (χ3v) is 4.72. The molecule has 5 heteroatoms. The Bertz CT molecular complexity index is 717. The molecule has 0 aliphatic carbocycles. The number of ether oxygens (including phenoxy) is 4. The monoisotopic (exact) mass is 416 g/mol. The van der Waals surface area contributed by atoms with E-state index in [1.807, 2.05) is 39.8 Å². The molecule has 0 bridgehead atoms. The zero-order valence-corrected chi connectivity index (χ0v) is 18.8. The van der Waals surface area contributed by atoms with Crippen molar-refractivity contribution in [2.75, 3.05) is 26.4 Å². The summed E-state index contributed by atoms with van der Waals surface area (Å²) in [4.78, 5) is 0. The van der Waals surface area contributed by atoms with Crippen molar-refractivity contribution in [1.29, 1.82) is 0 Å². The van der Waals surface area contributed by atoms with Gasteiger partial charge in [0, 0.05) is 37.6 Å². The van der Waals surface area contributed by atoms with Crippen LogP contribution in [0.15, 0.2) is 30.3 Å². The molecule has 0 aliphatic heterocycles. The van der Waals surface area contributed by atoms with Crippen LogP contribution in [0, 0.1) is 0 Å². The summed E-state index contributed by atoms with van der Waals surface area (Å²) in [5.74, 6) is 0.266. The molecule has 0 aliphatic rings. The summed E-state index contributed by atoms with van der Waals surface area (Å²) in [5.41, 5.74) is 6.19. The first-order chi connectivity index (χ1) is 14.6. The van der Waals surface area contributed by atoms with Gasteiger partial charge in [-0.15, -0.1) is 0 Å². The van der Waals surface area contributed by atoms with Crippen molar-refractivity contribution < 1.29 is 24.1 Å². The van der Waals surface area contributed by atoms with E-state index in [2.05, 4.69) is 18.2 Å². The predicted molar refractivity (Wildman–Crippen MR) is 119 cm³/mol. The van der Waals surface area contributed by atoms with E-state index >= 15 is 0 Å². The quantitative estimate of drug-likeness (QED) is 0.463. The van der Waals surface area contributed by atoms with E-state index in [4.69, 9.17) is 18.9 Å². The van der Waals surface area contributed by atoms with Gasteiger partial charge in [0.2, 0.25) is 0 Å². The Kier molecular flexibility index (Phi) is 10.9. The Hall–Kier alpha value is -1.92. The highest BCUT2D eigenvalue weighted by molar-refractivity contribution is 5.45. The van der Waals surface area contributed by atoms with Gasteiger partial charge in [0.05, 0.1) is 26.4 Å². The maximum Gasteiger partial charge on any atom is 0.126 e. The van der Waals surface area contributed by atoms with Gasteiger partial charge in [0.25, 0.3) is 0 Å². The fourth-order valence-electron chi connectivity index (χ4n) is 3.36. The average Bonchev–Trinajstić information content (AvgIpc) is 2.75. The summed E-state index contributed by atoms with van der Waals surface area (Å²) in [7, 11) is 0. The second-order valence-corrected chi connectivity index (χ2v) is 7.15. The van der Waals surface area contributed by atoms with Gasteiger partial charge in [-0.25, -0.2) is 0 Å². The van der Waals surface area contributed by atoms with Crippen LogP contribution in [0.5, 0.6) is 5.75 Å². The minimum atomic E-state index is 0.266. The van der Waals surface area contributed by atoms with Crippen LogP contribution in [-0.2, 0) is 51.8 Å². The van der Waals surface area contributed by atoms with E-state index in [9.17, 15) is 5.11 Å². The standard InChI is InChI=1S/C25H36O5/c1-5-27-15-21-10-19(11-22(12-21)16-28-6-2)9-20-13-23(17-29-7-3)25(26)24(14-20)18-30-8-4/h10-14,26H,5-9,15-18H2,1-4H3. The molecule has 0 saturated carbocycles. The zero-order valence-electron chi connectivity index (χ0n) is 18.8. The molecule has 0 unspecified atom stereocenters. The summed E-state index contributed by atoms with van der Waals surface area (Å²) < 4.78 is 22.4. The SMILES string of the molecule is CCOCc1cc(COCC)cc(Cc2cc(COCC)c(O)c(COCC)c2)c1. The molecule has 0 atom stereocenters. The van der Waals surface area contributed by atoms with Crippen LogP contribution in [0.3, 0.4) is 0 Å². The van der Waals surface area contributed by atoms with E-state index in [0.29, 0.717) is 52.9 Å². The smallest absolute Gasteiger partial charge is 0.126 e. The Morgan fingerprint density at radius 1 is 0.533 bits per heavy atom. The number of hydrogen-bond donors (Lipinski definition) is 1. The van der Waals surface area contributed by atoms with Crippen molar-refractivity contribution in [2.45, 2.75) is 60.5 Å². The average molecular weight is 417 g/mol. The maximum atomic E-state index is 10.6. The molecular formula is C25H36O5. The molecule has 0 aromatic heterocycles. The summed E-state index contributed by atoms with van der Waals surface area (Å²) in [5, 5.41) is 10.6. The molecule has 30 heavy (non-hydrogen) atoms. The predicted octanol–water partition coefficient (Wildman–Crippen LogP) is 5.13. The van der Waals surface area contributed by atoms with Gasteiger partial charge >= 0.3 is 0 Å². The normalized spacial score (nSPS) is 11.2. The fourth-order valence-corrected chi connectivity index (χ4v) is 3.36. The van der Waals surface area contributed by atoms with Crippen molar-refractivity contribution in [3.8, 4) is 5.75 Å². The third kappa shape index (κ3) is 7.73. The van der Waals surface area contributed by atoms with Crippen molar-refractivity contribution in [3.05, 3.63) is 63.7 Å². The van der Waals surface area contributed by atoms with Crippen molar-refractivity contribution in [1.82, 2.24) is 0 Å². The van der Waals surface area contributed by atoms with E-state index in [1.54, 1.807) is 0 Å². The molecule has 2 aromatic rings. The van der Waals surface area contributed by atoms with E-state index in [-0.39, 0.29) is 5.75 Å². The van der Waals surface area contributed by atoms with Crippen molar-refractivity contribution >= 4 is 0 Å². The molecule has 1 N–H and O–H groups in total. The topological polar surface area (TPSA) is 57.2 Å². The number of benzene rings is 2. The Morgan fingerprint density at radius 3 is 1.33 bits per heavy atom. The van der Waals surface area contributed by atoms with Gasteiger partial charge in [0.1, 0.15) is 5.75 Å². The van der Waals surface area contributed by atoms with Crippen LogP contribution in [0.4, 0.5) is 0 Å². The Morgan fingerprint density at radius 2 is 0.900 bits per heavy atom. The van der Waals surface area contributed by atoms with Crippen LogP contribution in [0.2, 0.25) is 0 Å². The summed E-state index contributed by atoms with van der Waals surface area (Å²) in [6.45, 7) is 12.4. The first kappa shape index (κ1) is 24.4. The van der Waals surface area contributed by atoms with Gasteiger partial charge in [-0.05, 0) is 68.5 Å². The fraction of sp³-hybridized carbons (Fsp3) is 0.520. The van der Waals surface area contributed by atoms with Crippen molar-refractivity contribution in [2.24, 2.45) is 0 Å². The number of hydrogen-bond acceptors (Lipinski definition) is 5. The molecule has 0 spiro atoms.